The lowest BCUT2D eigenvalue weighted by Crippen LogP contribution is -2.15. The number of nitrogens with one attached hydrogen (secondary N) is 1. The zero-order chi connectivity index (χ0) is 14.5. The van der Waals surface area contributed by atoms with Crippen molar-refractivity contribution < 1.29 is 4.79 Å². The number of halogens is 1. The Bertz CT molecular complexity index is 692. The molecule has 5 heteroatoms. The van der Waals surface area contributed by atoms with E-state index < -0.39 is 5.91 Å². The van der Waals surface area contributed by atoms with Crippen LogP contribution in [0.15, 0.2) is 42.5 Å². The highest BCUT2D eigenvalue weighted by Gasteiger charge is 2.08. The molecule has 0 spiro atoms. The molecule has 0 saturated carbocycles. The molecule has 20 heavy (non-hydrogen) atoms. The average molecular weight is 286 g/mol. The van der Waals surface area contributed by atoms with Crippen molar-refractivity contribution in [2.75, 3.05) is 5.32 Å². The van der Waals surface area contributed by atoms with Gasteiger partial charge in [-0.25, -0.2) is 0 Å². The van der Waals surface area contributed by atoms with Gasteiger partial charge in [-0.2, -0.15) is 5.26 Å². The summed E-state index contributed by atoms with van der Waals surface area (Å²) in [5.41, 5.74) is 7.79. The molecule has 0 saturated heterocycles. The first kappa shape index (κ1) is 13.9. The van der Waals surface area contributed by atoms with Gasteiger partial charge >= 0.3 is 0 Å². The number of nitriles is 1. The molecule has 4 nitrogen and oxygen atoms in total. The molecule has 0 bridgehead atoms. The van der Waals surface area contributed by atoms with E-state index in [4.69, 9.17) is 22.6 Å². The number of rotatable bonds is 4. The maximum Gasteiger partial charge on any atom is 0.249 e. The van der Waals surface area contributed by atoms with E-state index in [0.717, 1.165) is 5.56 Å². The van der Waals surface area contributed by atoms with Crippen LogP contribution < -0.4 is 11.1 Å². The SMILES string of the molecule is N#Cc1ccc(NCc2ccccc2C(N)=O)c(Cl)c1. The van der Waals surface area contributed by atoms with Gasteiger partial charge in [-0.15, -0.1) is 0 Å². The summed E-state index contributed by atoms with van der Waals surface area (Å²) in [5, 5.41) is 12.4. The summed E-state index contributed by atoms with van der Waals surface area (Å²) in [4.78, 5) is 11.3. The molecule has 0 fully saturated rings. The molecule has 2 rings (SSSR count). The monoisotopic (exact) mass is 285 g/mol. The van der Waals surface area contributed by atoms with Crippen molar-refractivity contribution in [3.05, 3.63) is 64.2 Å². The first-order valence-corrected chi connectivity index (χ1v) is 6.31. The fraction of sp³-hybridized carbons (Fsp3) is 0.0667. The number of carbonyl (C=O) groups excluding carboxylic acids is 1. The summed E-state index contributed by atoms with van der Waals surface area (Å²) in [6.07, 6.45) is 0. The first-order valence-electron chi connectivity index (χ1n) is 5.93. The highest BCUT2D eigenvalue weighted by molar-refractivity contribution is 6.33. The van der Waals surface area contributed by atoms with E-state index in [1.807, 2.05) is 18.2 Å². The highest BCUT2D eigenvalue weighted by atomic mass is 35.5. The molecule has 1 amide bonds. The maximum atomic E-state index is 11.3. The average Bonchev–Trinajstić information content (AvgIpc) is 2.46. The second-order valence-corrected chi connectivity index (χ2v) is 4.59. The van der Waals surface area contributed by atoms with Gasteiger partial charge in [0.25, 0.3) is 0 Å². The van der Waals surface area contributed by atoms with E-state index in [9.17, 15) is 4.79 Å². The van der Waals surface area contributed by atoms with Crippen molar-refractivity contribution in [1.29, 1.82) is 5.26 Å². The van der Waals surface area contributed by atoms with Crippen molar-refractivity contribution in [3.63, 3.8) is 0 Å². The minimum atomic E-state index is -0.465. The minimum Gasteiger partial charge on any atom is -0.380 e. The third-order valence-electron chi connectivity index (χ3n) is 2.85. The fourth-order valence-electron chi connectivity index (χ4n) is 1.83. The second kappa shape index (κ2) is 6.09. The smallest absolute Gasteiger partial charge is 0.249 e. The maximum absolute atomic E-state index is 11.3. The molecule has 0 aromatic heterocycles. The van der Waals surface area contributed by atoms with E-state index in [1.165, 1.54) is 0 Å². The van der Waals surface area contributed by atoms with Crippen LogP contribution in [-0.2, 0) is 6.54 Å². The van der Waals surface area contributed by atoms with Crippen LogP contribution in [-0.4, -0.2) is 5.91 Å². The Morgan fingerprint density at radius 1 is 1.30 bits per heavy atom. The van der Waals surface area contributed by atoms with Crippen molar-refractivity contribution in [3.8, 4) is 6.07 Å². The van der Waals surface area contributed by atoms with Gasteiger partial charge in [-0.3, -0.25) is 4.79 Å². The van der Waals surface area contributed by atoms with Crippen LogP contribution in [0, 0.1) is 11.3 Å². The largest absolute Gasteiger partial charge is 0.380 e. The predicted octanol–water partition coefficient (Wildman–Crippen LogP) is 2.92. The lowest BCUT2D eigenvalue weighted by Gasteiger charge is -2.11. The summed E-state index contributed by atoms with van der Waals surface area (Å²) in [5.74, 6) is -0.465. The van der Waals surface area contributed by atoms with Gasteiger partial charge in [0.05, 0.1) is 22.3 Å². The molecule has 0 heterocycles. The van der Waals surface area contributed by atoms with Gasteiger partial charge in [-0.1, -0.05) is 29.8 Å². The van der Waals surface area contributed by atoms with Gasteiger partial charge in [0.2, 0.25) is 5.91 Å². The predicted molar refractivity (Wildman–Crippen MR) is 78.5 cm³/mol. The van der Waals surface area contributed by atoms with Crippen molar-refractivity contribution in [1.82, 2.24) is 0 Å². The third-order valence-corrected chi connectivity index (χ3v) is 3.16. The summed E-state index contributed by atoms with van der Waals surface area (Å²) >= 11 is 6.07. The van der Waals surface area contributed by atoms with Crippen molar-refractivity contribution >= 4 is 23.2 Å². The number of hydrogen-bond donors (Lipinski definition) is 2. The number of hydrogen-bond acceptors (Lipinski definition) is 3. The quantitative estimate of drug-likeness (QED) is 0.906. The van der Waals surface area contributed by atoms with Gasteiger partial charge in [-0.05, 0) is 29.8 Å². The fourth-order valence-corrected chi connectivity index (χ4v) is 2.08. The summed E-state index contributed by atoms with van der Waals surface area (Å²) < 4.78 is 0. The second-order valence-electron chi connectivity index (χ2n) is 4.18. The molecular weight excluding hydrogens is 274 g/mol. The molecule has 0 radical (unpaired) electrons. The van der Waals surface area contributed by atoms with Crippen molar-refractivity contribution in [2.45, 2.75) is 6.54 Å². The van der Waals surface area contributed by atoms with E-state index >= 15 is 0 Å². The standard InChI is InChI=1S/C15H12ClN3O/c16-13-7-10(8-17)5-6-14(13)19-9-11-3-1-2-4-12(11)15(18)20/h1-7,19H,9H2,(H2,18,20). The van der Waals surface area contributed by atoms with Crippen LogP contribution in [0.5, 0.6) is 0 Å². The van der Waals surface area contributed by atoms with Crippen molar-refractivity contribution in [2.24, 2.45) is 5.73 Å². The Labute approximate surface area is 121 Å². The Hall–Kier alpha value is -2.51. The number of carbonyl (C=O) groups is 1. The Balaban J connectivity index is 2.18. The van der Waals surface area contributed by atoms with Crippen LogP contribution in [0.3, 0.4) is 0 Å². The number of nitrogens with zero attached hydrogens (tertiary/aromatic N) is 1. The Morgan fingerprint density at radius 2 is 2.05 bits per heavy atom. The zero-order valence-corrected chi connectivity index (χ0v) is 11.3. The topological polar surface area (TPSA) is 78.9 Å². The summed E-state index contributed by atoms with van der Waals surface area (Å²) in [7, 11) is 0. The van der Waals surface area contributed by atoms with Crippen LogP contribution >= 0.6 is 11.6 Å². The highest BCUT2D eigenvalue weighted by Crippen LogP contribution is 2.23. The van der Waals surface area contributed by atoms with E-state index in [-0.39, 0.29) is 0 Å². The zero-order valence-electron chi connectivity index (χ0n) is 10.6. The summed E-state index contributed by atoms with van der Waals surface area (Å²) in [6.45, 7) is 0.421. The van der Waals surface area contributed by atoms with E-state index in [0.29, 0.717) is 28.4 Å². The van der Waals surface area contributed by atoms with Crippen LogP contribution in [0.4, 0.5) is 5.69 Å². The summed E-state index contributed by atoms with van der Waals surface area (Å²) in [6, 6.07) is 14.1. The van der Waals surface area contributed by atoms with Gasteiger partial charge in [0.15, 0.2) is 0 Å². The number of anilines is 1. The van der Waals surface area contributed by atoms with Crippen LogP contribution in [0.1, 0.15) is 21.5 Å². The molecule has 2 aromatic rings. The number of primary amides is 1. The van der Waals surface area contributed by atoms with Crippen LogP contribution in [0.25, 0.3) is 0 Å². The molecule has 0 aliphatic rings. The number of benzene rings is 2. The Morgan fingerprint density at radius 3 is 2.70 bits per heavy atom. The molecule has 0 unspecified atom stereocenters. The van der Waals surface area contributed by atoms with Gasteiger partial charge in [0.1, 0.15) is 0 Å². The molecule has 0 aliphatic carbocycles. The molecule has 0 aliphatic heterocycles. The number of amides is 1. The van der Waals surface area contributed by atoms with E-state index in [2.05, 4.69) is 5.32 Å². The lowest BCUT2D eigenvalue weighted by molar-refractivity contribution is 0.0999. The molecule has 0 atom stereocenters. The molecular formula is C15H12ClN3O. The molecule has 3 N–H and O–H groups in total. The van der Waals surface area contributed by atoms with Gasteiger partial charge < -0.3 is 11.1 Å². The van der Waals surface area contributed by atoms with Gasteiger partial charge in [0, 0.05) is 12.1 Å². The molecule has 100 valence electrons. The Kier molecular flexibility index (Phi) is 4.24. The minimum absolute atomic E-state index is 0.421. The van der Waals surface area contributed by atoms with Crippen LogP contribution in [0.2, 0.25) is 5.02 Å². The number of nitrogens with two attached hydrogens (primary N) is 1. The third kappa shape index (κ3) is 3.08. The lowest BCUT2D eigenvalue weighted by atomic mass is 10.1. The van der Waals surface area contributed by atoms with E-state index in [1.54, 1.807) is 30.3 Å². The normalized spacial score (nSPS) is 9.80. The molecule has 2 aromatic carbocycles. The first-order chi connectivity index (χ1) is 9.61.